The van der Waals surface area contributed by atoms with Crippen molar-refractivity contribution in [3.63, 3.8) is 0 Å². The Bertz CT molecular complexity index is 741. The van der Waals surface area contributed by atoms with E-state index < -0.39 is 0 Å². The van der Waals surface area contributed by atoms with Crippen molar-refractivity contribution >= 4 is 34.9 Å². The fraction of sp³-hybridized carbons (Fsp3) is 0. The molecule has 0 saturated carbocycles. The van der Waals surface area contributed by atoms with Gasteiger partial charge in [0.2, 0.25) is 5.89 Å². The lowest BCUT2D eigenvalue weighted by molar-refractivity contribution is 0.102. The van der Waals surface area contributed by atoms with Crippen molar-refractivity contribution in [3.05, 3.63) is 45.9 Å². The first-order chi connectivity index (χ1) is 9.72. The van der Waals surface area contributed by atoms with Gasteiger partial charge in [-0.2, -0.15) is 0 Å². The SMILES string of the molecule is O=C(Nc1nnc(-c2ccncc2)o1)c1ccc(Cl)s1. The van der Waals surface area contributed by atoms with Gasteiger partial charge in [0.1, 0.15) is 0 Å². The molecule has 0 spiro atoms. The zero-order valence-corrected chi connectivity index (χ0v) is 11.5. The summed E-state index contributed by atoms with van der Waals surface area (Å²) in [6.07, 6.45) is 3.23. The minimum atomic E-state index is -0.341. The second-order valence-electron chi connectivity index (χ2n) is 3.71. The van der Waals surface area contributed by atoms with Gasteiger partial charge in [-0.15, -0.1) is 16.4 Å². The van der Waals surface area contributed by atoms with E-state index in [9.17, 15) is 4.79 Å². The summed E-state index contributed by atoms with van der Waals surface area (Å²) in [5.74, 6) is -0.0289. The third-order valence-corrected chi connectivity index (χ3v) is 3.60. The van der Waals surface area contributed by atoms with Crippen LogP contribution in [0, 0.1) is 0 Å². The summed E-state index contributed by atoms with van der Waals surface area (Å²) in [6, 6.07) is 6.78. The van der Waals surface area contributed by atoms with Gasteiger partial charge in [-0.05, 0) is 24.3 Å². The third kappa shape index (κ3) is 2.68. The molecule has 3 rings (SSSR count). The Hall–Kier alpha value is -2.25. The molecule has 1 amide bonds. The summed E-state index contributed by atoms with van der Waals surface area (Å²) in [7, 11) is 0. The van der Waals surface area contributed by atoms with Crippen LogP contribution in [0.25, 0.3) is 11.5 Å². The van der Waals surface area contributed by atoms with Crippen LogP contribution < -0.4 is 5.32 Å². The van der Waals surface area contributed by atoms with Crippen molar-refractivity contribution in [2.75, 3.05) is 5.32 Å². The normalized spacial score (nSPS) is 10.4. The van der Waals surface area contributed by atoms with Gasteiger partial charge in [-0.25, -0.2) is 0 Å². The van der Waals surface area contributed by atoms with Gasteiger partial charge in [0.15, 0.2) is 0 Å². The molecule has 1 N–H and O–H groups in total. The summed E-state index contributed by atoms with van der Waals surface area (Å²) in [4.78, 5) is 16.2. The molecule has 3 aromatic rings. The zero-order chi connectivity index (χ0) is 13.9. The van der Waals surface area contributed by atoms with E-state index in [0.717, 1.165) is 5.56 Å². The van der Waals surface area contributed by atoms with Crippen LogP contribution in [0.4, 0.5) is 6.01 Å². The summed E-state index contributed by atoms with van der Waals surface area (Å²) >= 11 is 6.95. The minimum absolute atomic E-state index is 0.0336. The molecule has 3 heterocycles. The van der Waals surface area contributed by atoms with E-state index in [-0.39, 0.29) is 11.9 Å². The lowest BCUT2D eigenvalue weighted by Gasteiger charge is -1.96. The molecule has 0 bridgehead atoms. The number of thiophene rings is 1. The predicted molar refractivity (Wildman–Crippen MR) is 74.8 cm³/mol. The molecule has 0 radical (unpaired) electrons. The molecule has 0 aliphatic heterocycles. The maximum Gasteiger partial charge on any atom is 0.322 e. The average molecular weight is 307 g/mol. The van der Waals surface area contributed by atoms with Crippen LogP contribution in [0.5, 0.6) is 0 Å². The smallest absolute Gasteiger partial charge is 0.322 e. The highest BCUT2D eigenvalue weighted by molar-refractivity contribution is 7.18. The van der Waals surface area contributed by atoms with Gasteiger partial charge in [-0.3, -0.25) is 15.1 Å². The number of halogens is 1. The number of hydrogen-bond donors (Lipinski definition) is 1. The first-order valence-corrected chi connectivity index (χ1v) is 6.72. The second-order valence-corrected chi connectivity index (χ2v) is 5.42. The molecule has 0 fully saturated rings. The molecule has 0 aliphatic rings. The van der Waals surface area contributed by atoms with E-state index in [1.165, 1.54) is 11.3 Å². The van der Waals surface area contributed by atoms with Gasteiger partial charge in [0.25, 0.3) is 5.91 Å². The number of carbonyl (C=O) groups excluding carboxylic acids is 1. The molecule has 0 aliphatic carbocycles. The van der Waals surface area contributed by atoms with Crippen molar-refractivity contribution in [2.24, 2.45) is 0 Å². The number of nitrogens with one attached hydrogen (secondary N) is 1. The molecule has 0 saturated heterocycles. The Morgan fingerprint density at radius 2 is 2.00 bits per heavy atom. The largest absolute Gasteiger partial charge is 0.403 e. The lowest BCUT2D eigenvalue weighted by Crippen LogP contribution is -2.10. The summed E-state index contributed by atoms with van der Waals surface area (Å²) in [5, 5.41) is 10.1. The molecule has 0 unspecified atom stereocenters. The molecule has 3 aromatic heterocycles. The van der Waals surface area contributed by atoms with Crippen LogP contribution in [0.2, 0.25) is 4.34 Å². The number of rotatable bonds is 3. The van der Waals surface area contributed by atoms with Gasteiger partial charge in [0, 0.05) is 18.0 Å². The summed E-state index contributed by atoms with van der Waals surface area (Å²) < 4.78 is 5.90. The molecule has 0 atom stereocenters. The maximum atomic E-state index is 11.9. The average Bonchev–Trinajstić information content (AvgIpc) is 3.09. The Kier molecular flexibility index (Phi) is 3.44. The lowest BCUT2D eigenvalue weighted by atomic mass is 10.3. The van der Waals surface area contributed by atoms with Crippen LogP contribution in [-0.4, -0.2) is 21.1 Å². The number of anilines is 1. The van der Waals surface area contributed by atoms with E-state index in [0.29, 0.717) is 15.1 Å². The third-order valence-electron chi connectivity index (χ3n) is 2.37. The Morgan fingerprint density at radius 1 is 1.20 bits per heavy atom. The van der Waals surface area contributed by atoms with E-state index in [4.69, 9.17) is 16.0 Å². The van der Waals surface area contributed by atoms with E-state index in [1.54, 1.807) is 36.7 Å². The van der Waals surface area contributed by atoms with Crippen LogP contribution in [0.3, 0.4) is 0 Å². The van der Waals surface area contributed by atoms with E-state index in [1.807, 2.05) is 0 Å². The maximum absolute atomic E-state index is 11.9. The van der Waals surface area contributed by atoms with Crippen molar-refractivity contribution in [1.29, 1.82) is 0 Å². The number of carbonyl (C=O) groups is 1. The van der Waals surface area contributed by atoms with Crippen LogP contribution >= 0.6 is 22.9 Å². The number of hydrogen-bond acceptors (Lipinski definition) is 6. The topological polar surface area (TPSA) is 80.9 Å². The Balaban J connectivity index is 1.76. The highest BCUT2D eigenvalue weighted by Gasteiger charge is 2.14. The quantitative estimate of drug-likeness (QED) is 0.804. The Labute approximate surface area is 122 Å². The standard InChI is InChI=1S/C12H7ClN4O2S/c13-9-2-1-8(20-9)10(18)15-12-17-16-11(19-12)7-3-5-14-6-4-7/h1-6H,(H,15,17,18). The van der Waals surface area contributed by atoms with Crippen LogP contribution in [0.1, 0.15) is 9.67 Å². The second kappa shape index (κ2) is 5.40. The van der Waals surface area contributed by atoms with E-state index >= 15 is 0 Å². The molecule has 6 nitrogen and oxygen atoms in total. The van der Waals surface area contributed by atoms with Gasteiger partial charge < -0.3 is 4.42 Å². The number of amides is 1. The van der Waals surface area contributed by atoms with Gasteiger partial charge in [0.05, 0.1) is 9.21 Å². The molecule has 20 heavy (non-hydrogen) atoms. The number of pyridine rings is 1. The van der Waals surface area contributed by atoms with Gasteiger partial charge >= 0.3 is 6.01 Å². The van der Waals surface area contributed by atoms with E-state index in [2.05, 4.69) is 20.5 Å². The molecule has 0 aromatic carbocycles. The van der Waals surface area contributed by atoms with Crippen molar-refractivity contribution in [3.8, 4) is 11.5 Å². The molecule has 8 heteroatoms. The molecular weight excluding hydrogens is 300 g/mol. The van der Waals surface area contributed by atoms with Crippen molar-refractivity contribution in [1.82, 2.24) is 15.2 Å². The first-order valence-electron chi connectivity index (χ1n) is 5.53. The zero-order valence-electron chi connectivity index (χ0n) is 9.91. The molecule has 100 valence electrons. The highest BCUT2D eigenvalue weighted by atomic mass is 35.5. The summed E-state index contributed by atoms with van der Waals surface area (Å²) in [5.41, 5.74) is 0.729. The predicted octanol–water partition coefficient (Wildman–Crippen LogP) is 3.10. The monoisotopic (exact) mass is 306 g/mol. The van der Waals surface area contributed by atoms with Gasteiger partial charge in [-0.1, -0.05) is 16.7 Å². The van der Waals surface area contributed by atoms with Crippen molar-refractivity contribution < 1.29 is 9.21 Å². The highest BCUT2D eigenvalue weighted by Crippen LogP contribution is 2.23. The van der Waals surface area contributed by atoms with Crippen LogP contribution in [-0.2, 0) is 0 Å². The fourth-order valence-corrected chi connectivity index (χ4v) is 2.42. The molecular formula is C12H7ClN4O2S. The summed E-state index contributed by atoms with van der Waals surface area (Å²) in [6.45, 7) is 0. The van der Waals surface area contributed by atoms with Crippen molar-refractivity contribution in [2.45, 2.75) is 0 Å². The first kappa shape index (κ1) is 12.8. The number of nitrogens with zero attached hydrogens (tertiary/aromatic N) is 3. The minimum Gasteiger partial charge on any atom is -0.403 e. The number of aromatic nitrogens is 3. The Morgan fingerprint density at radius 3 is 2.70 bits per heavy atom. The van der Waals surface area contributed by atoms with Crippen LogP contribution in [0.15, 0.2) is 41.1 Å². The fourth-order valence-electron chi connectivity index (χ4n) is 1.48.